The molecule has 1 aliphatic heterocycles. The number of amides is 2. The zero-order chi connectivity index (χ0) is 60.2. The van der Waals surface area contributed by atoms with E-state index in [-0.39, 0.29) is 11.7 Å². The first-order chi connectivity index (χ1) is 37.7. The van der Waals surface area contributed by atoms with Crippen LogP contribution in [0.1, 0.15) is 91.4 Å². The maximum Gasteiger partial charge on any atom is 0.327 e. The fourth-order valence-corrected chi connectivity index (χ4v) is 5.38. The fourth-order valence-electron chi connectivity index (χ4n) is 5.38. The van der Waals surface area contributed by atoms with E-state index in [1.807, 2.05) is 168 Å². The molecule has 0 unspecified atom stereocenters. The number of imidazole rings is 1. The second-order valence-electron chi connectivity index (χ2n) is 18.2. The van der Waals surface area contributed by atoms with Crippen molar-refractivity contribution in [3.8, 4) is 0 Å². The van der Waals surface area contributed by atoms with Crippen LogP contribution in [0.4, 0.5) is 4.79 Å². The van der Waals surface area contributed by atoms with E-state index in [2.05, 4.69) is 85.8 Å². The van der Waals surface area contributed by atoms with Crippen molar-refractivity contribution in [3.63, 3.8) is 0 Å². The number of pyridine rings is 1. The van der Waals surface area contributed by atoms with Gasteiger partial charge >= 0.3 is 11.7 Å². The first kappa shape index (κ1) is 68.9. The molecule has 1 fully saturated rings. The van der Waals surface area contributed by atoms with E-state index in [1.165, 1.54) is 21.0 Å². The van der Waals surface area contributed by atoms with Crippen LogP contribution in [0.3, 0.4) is 0 Å². The minimum Gasteiger partial charge on any atom is -0.326 e. The van der Waals surface area contributed by atoms with E-state index >= 15 is 0 Å². The summed E-state index contributed by atoms with van der Waals surface area (Å²) in [5.41, 5.74) is 11.4. The lowest BCUT2D eigenvalue weighted by atomic mass is 10.3. The van der Waals surface area contributed by atoms with Gasteiger partial charge in [-0.15, -0.1) is 0 Å². The van der Waals surface area contributed by atoms with Gasteiger partial charge in [-0.3, -0.25) is 34.9 Å². The summed E-state index contributed by atoms with van der Waals surface area (Å²) in [7, 11) is 7.07. The summed E-state index contributed by atoms with van der Waals surface area (Å²) in [5, 5.41) is 0. The Morgan fingerprint density at radius 3 is 0.912 bits per heavy atom. The second-order valence-corrected chi connectivity index (χ2v) is 18.2. The SMILES string of the molecule is CN1CCN(C)C1=O.Cc1ccc(C)nc1.Cc1ccnc(C)n1.Cc1cnc(C)cn1.Cc1cnc(C)cn1.Cc1cnc(C)nc1.Cc1cnc(C)nc1.Cc1cncc(C)n1.Cc1ncnc(C)n1.Cn1ccn(C)c1=O. The first-order valence-corrected chi connectivity index (χ1v) is 25.4. The maximum absolute atomic E-state index is 10.8. The van der Waals surface area contributed by atoms with Gasteiger partial charge in [-0.2, -0.15) is 0 Å². The molecule has 0 aliphatic carbocycles. The van der Waals surface area contributed by atoms with Gasteiger partial charge in [-0.1, -0.05) is 6.07 Å². The van der Waals surface area contributed by atoms with Gasteiger partial charge in [0.1, 0.15) is 35.4 Å². The van der Waals surface area contributed by atoms with E-state index in [1.54, 1.807) is 79.7 Å². The lowest BCUT2D eigenvalue weighted by molar-refractivity contribution is 0.205. The zero-order valence-electron chi connectivity index (χ0n) is 50.6. The van der Waals surface area contributed by atoms with Crippen LogP contribution in [-0.2, 0) is 14.1 Å². The highest BCUT2D eigenvalue weighted by atomic mass is 16.2. The molecular weight excluding hydrogens is 1010 g/mol. The number of urea groups is 1. The summed E-state index contributed by atoms with van der Waals surface area (Å²) >= 11 is 0. The van der Waals surface area contributed by atoms with E-state index in [0.29, 0.717) is 0 Å². The summed E-state index contributed by atoms with van der Waals surface area (Å²) < 4.78 is 3.06. The van der Waals surface area contributed by atoms with Gasteiger partial charge in [0.2, 0.25) is 0 Å². The zero-order valence-corrected chi connectivity index (χ0v) is 50.6. The van der Waals surface area contributed by atoms with Gasteiger partial charge in [0, 0.05) is 139 Å². The molecule has 0 bridgehead atoms. The van der Waals surface area contributed by atoms with Crippen molar-refractivity contribution in [2.75, 3.05) is 27.2 Å². The molecule has 22 heteroatoms. The summed E-state index contributed by atoms with van der Waals surface area (Å²) in [6.45, 7) is 32.5. The molecule has 10 heterocycles. The van der Waals surface area contributed by atoms with E-state index in [9.17, 15) is 9.59 Å². The number of hydrogen-bond acceptors (Lipinski definition) is 18. The predicted molar refractivity (Wildman–Crippen MR) is 313 cm³/mol. The fraction of sp³-hybridized carbons (Fsp3) is 0.379. The Bertz CT molecular complexity index is 2600. The van der Waals surface area contributed by atoms with Gasteiger partial charge in [-0.25, -0.2) is 54.4 Å². The van der Waals surface area contributed by atoms with Gasteiger partial charge in [0.05, 0.1) is 34.2 Å². The molecular formula is C58H82N20O2. The molecule has 22 nitrogen and oxygen atoms in total. The third kappa shape index (κ3) is 33.8. The molecule has 9 aromatic rings. The quantitative estimate of drug-likeness (QED) is 0.138. The van der Waals surface area contributed by atoms with Crippen LogP contribution in [0.2, 0.25) is 0 Å². The van der Waals surface area contributed by atoms with Crippen LogP contribution in [0, 0.1) is 111 Å². The monoisotopic (exact) mass is 1090 g/mol. The molecule has 426 valence electrons. The average molecular weight is 1090 g/mol. The average Bonchev–Trinajstić information content (AvgIpc) is 3.88. The summed E-state index contributed by atoms with van der Waals surface area (Å²) in [5.74, 6) is 4.05. The van der Waals surface area contributed by atoms with Crippen molar-refractivity contribution in [3.05, 3.63) is 213 Å². The van der Waals surface area contributed by atoms with Crippen LogP contribution >= 0.6 is 0 Å². The number of nitrogens with zero attached hydrogens (tertiary/aromatic N) is 20. The van der Waals surface area contributed by atoms with Crippen LogP contribution in [0.25, 0.3) is 0 Å². The van der Waals surface area contributed by atoms with E-state index in [0.717, 1.165) is 98.9 Å². The smallest absolute Gasteiger partial charge is 0.326 e. The largest absolute Gasteiger partial charge is 0.327 e. The Hall–Kier alpha value is -9.08. The van der Waals surface area contributed by atoms with Gasteiger partial charge in [0.15, 0.2) is 0 Å². The molecule has 2 amide bonds. The third-order valence-corrected chi connectivity index (χ3v) is 9.84. The number of likely N-dealkylation sites (N-methyl/N-ethyl adjacent to an activating group) is 2. The highest BCUT2D eigenvalue weighted by Crippen LogP contribution is 2.01. The van der Waals surface area contributed by atoms with Crippen LogP contribution in [0.15, 0.2) is 116 Å². The summed E-state index contributed by atoms with van der Waals surface area (Å²) in [4.78, 5) is 88.5. The Kier molecular flexibility index (Phi) is 33.1. The van der Waals surface area contributed by atoms with Crippen molar-refractivity contribution < 1.29 is 4.79 Å². The number of carbonyl (C=O) groups excluding carboxylic acids is 1. The molecule has 9 aromatic heterocycles. The normalized spacial score (nSPS) is 10.4. The molecule has 10 rings (SSSR count). The molecule has 0 radical (unpaired) electrons. The van der Waals surface area contributed by atoms with Crippen LogP contribution in [-0.4, -0.2) is 132 Å². The van der Waals surface area contributed by atoms with Gasteiger partial charge < -0.3 is 18.9 Å². The maximum atomic E-state index is 10.8. The highest BCUT2D eigenvalue weighted by Gasteiger charge is 2.20. The van der Waals surface area contributed by atoms with Crippen LogP contribution in [0.5, 0.6) is 0 Å². The molecule has 0 atom stereocenters. The van der Waals surface area contributed by atoms with E-state index < -0.39 is 0 Å². The van der Waals surface area contributed by atoms with Crippen molar-refractivity contribution in [1.29, 1.82) is 0 Å². The summed E-state index contributed by atoms with van der Waals surface area (Å²) in [6, 6.07) is 6.08. The first-order valence-electron chi connectivity index (χ1n) is 25.4. The Balaban J connectivity index is 0.000000444. The number of aryl methyl sites for hydroxylation is 18. The van der Waals surface area contributed by atoms with Crippen molar-refractivity contribution in [2.45, 2.75) is 111 Å². The number of aromatic nitrogens is 18. The lowest BCUT2D eigenvalue weighted by Gasteiger charge is -2.07. The molecule has 1 saturated heterocycles. The number of rotatable bonds is 0. The number of carbonyl (C=O) groups is 1. The Morgan fingerprint density at radius 2 is 0.700 bits per heavy atom. The standard InChI is InChI=1S/C7H9N.6C6H8N2.C5H7N3.C5H10N2O.C5H8N2O/c1-6-3-4-7(2)8-5-6;2*1-5-3-8-6(2)4-7-5;1-5-3-7-4-6(2)8-5;2*1-5-3-7-6(2)8-4-5;1-5-3-4-7-6(2)8-5;1-4-6-3-7-5(2)8-4;2*1-6-3-4-7(2)5(6)8/h3-5H,1-2H3;6*3-4H,1-2H3;3H,1-2H3;3-4H2,1-2H3;3-4H,1-2H3. The van der Waals surface area contributed by atoms with Crippen molar-refractivity contribution in [2.24, 2.45) is 14.1 Å². The molecule has 1 aliphatic rings. The second kappa shape index (κ2) is 38.5. The number of hydrogen-bond donors (Lipinski definition) is 0. The topological polar surface area (TPSA) is 257 Å². The highest BCUT2D eigenvalue weighted by molar-refractivity contribution is 5.75. The molecule has 0 spiro atoms. The minimum atomic E-state index is 0.0185. The van der Waals surface area contributed by atoms with Gasteiger partial charge in [0.25, 0.3) is 0 Å². The molecule has 0 N–H and O–H groups in total. The van der Waals surface area contributed by atoms with Crippen molar-refractivity contribution in [1.82, 2.24) is 98.7 Å². The van der Waals surface area contributed by atoms with Crippen molar-refractivity contribution >= 4 is 6.03 Å². The van der Waals surface area contributed by atoms with Gasteiger partial charge in [-0.05, 0) is 140 Å². The van der Waals surface area contributed by atoms with E-state index in [4.69, 9.17) is 0 Å². The molecule has 0 aromatic carbocycles. The third-order valence-electron chi connectivity index (χ3n) is 9.84. The molecule has 0 saturated carbocycles. The predicted octanol–water partition coefficient (Wildman–Crippen LogP) is 8.45. The Morgan fingerprint density at radius 1 is 0.325 bits per heavy atom. The minimum absolute atomic E-state index is 0.0185. The molecule has 80 heavy (non-hydrogen) atoms. The lowest BCUT2D eigenvalue weighted by Crippen LogP contribution is -2.25. The Labute approximate surface area is 473 Å². The van der Waals surface area contributed by atoms with Crippen LogP contribution < -0.4 is 5.69 Å². The summed E-state index contributed by atoms with van der Waals surface area (Å²) in [6.07, 6.45) is 26.3.